The summed E-state index contributed by atoms with van der Waals surface area (Å²) in [6.07, 6.45) is 3.78. The minimum absolute atomic E-state index is 0.116. The van der Waals surface area contributed by atoms with Crippen molar-refractivity contribution < 1.29 is 4.79 Å². The fourth-order valence-corrected chi connectivity index (χ4v) is 3.73. The average molecular weight is 237 g/mol. The Labute approximate surface area is 106 Å². The normalized spacial score (nSPS) is 34.4. The molecule has 2 aliphatic rings. The molecule has 2 bridgehead atoms. The molecule has 0 spiro atoms. The lowest BCUT2D eigenvalue weighted by molar-refractivity contribution is -0.136. The fourth-order valence-electron chi connectivity index (χ4n) is 3.73. The summed E-state index contributed by atoms with van der Waals surface area (Å²) in [5, 5.41) is 0. The summed E-state index contributed by atoms with van der Waals surface area (Å²) in [6, 6.07) is 0.824. The second-order valence-electron chi connectivity index (χ2n) is 7.86. The van der Waals surface area contributed by atoms with Gasteiger partial charge in [-0.15, -0.1) is 0 Å². The Kier molecular flexibility index (Phi) is 2.93. The second-order valence-corrected chi connectivity index (χ2v) is 7.86. The molecule has 1 saturated carbocycles. The van der Waals surface area contributed by atoms with E-state index in [-0.39, 0.29) is 17.0 Å². The molecule has 0 N–H and O–H groups in total. The zero-order valence-corrected chi connectivity index (χ0v) is 12.2. The van der Waals surface area contributed by atoms with Gasteiger partial charge in [0.05, 0.1) is 6.04 Å². The standard InChI is InChI=1S/C15H27NO/c1-14(2,3)13(17)12-10-7-8-11(9-10)16(12)15(4,5)6/h10-12H,7-9H2,1-6H3. The molecule has 2 fully saturated rings. The Morgan fingerprint density at radius 2 is 1.65 bits per heavy atom. The van der Waals surface area contributed by atoms with Crippen molar-refractivity contribution in [3.63, 3.8) is 0 Å². The van der Waals surface area contributed by atoms with Crippen molar-refractivity contribution in [1.82, 2.24) is 4.90 Å². The highest BCUT2D eigenvalue weighted by Gasteiger charge is 2.53. The van der Waals surface area contributed by atoms with Crippen LogP contribution in [0.2, 0.25) is 0 Å². The number of rotatable bonds is 1. The minimum Gasteiger partial charge on any atom is -0.297 e. The first-order valence-electron chi connectivity index (χ1n) is 6.95. The van der Waals surface area contributed by atoms with Crippen LogP contribution < -0.4 is 0 Å². The van der Waals surface area contributed by atoms with Crippen LogP contribution in [0.15, 0.2) is 0 Å². The third-order valence-electron chi connectivity index (χ3n) is 4.37. The van der Waals surface area contributed by atoms with Crippen LogP contribution in [-0.4, -0.2) is 28.3 Å². The maximum absolute atomic E-state index is 12.7. The van der Waals surface area contributed by atoms with Gasteiger partial charge in [-0.25, -0.2) is 0 Å². The summed E-state index contributed by atoms with van der Waals surface area (Å²) in [7, 11) is 0. The third kappa shape index (κ3) is 2.16. The molecule has 17 heavy (non-hydrogen) atoms. The van der Waals surface area contributed by atoms with Gasteiger partial charge >= 0.3 is 0 Å². The largest absolute Gasteiger partial charge is 0.297 e. The maximum Gasteiger partial charge on any atom is 0.155 e. The van der Waals surface area contributed by atoms with E-state index in [1.807, 2.05) is 0 Å². The third-order valence-corrected chi connectivity index (χ3v) is 4.37. The van der Waals surface area contributed by atoms with Crippen molar-refractivity contribution in [3.05, 3.63) is 0 Å². The maximum atomic E-state index is 12.7. The van der Waals surface area contributed by atoms with Crippen LogP contribution in [0.4, 0.5) is 0 Å². The lowest BCUT2D eigenvalue weighted by atomic mass is 9.80. The highest BCUT2D eigenvalue weighted by atomic mass is 16.1. The molecule has 2 heteroatoms. The van der Waals surface area contributed by atoms with E-state index >= 15 is 0 Å². The van der Waals surface area contributed by atoms with Gasteiger partial charge in [-0.05, 0) is 46.0 Å². The zero-order valence-electron chi connectivity index (χ0n) is 12.2. The van der Waals surface area contributed by atoms with E-state index in [0.717, 1.165) is 0 Å². The van der Waals surface area contributed by atoms with Gasteiger partial charge in [-0.3, -0.25) is 9.69 Å². The molecule has 98 valence electrons. The van der Waals surface area contributed by atoms with Crippen molar-refractivity contribution in [2.75, 3.05) is 0 Å². The molecule has 1 aliphatic carbocycles. The molecule has 2 rings (SSSR count). The number of Topliss-reactive ketones (excluding diaryl/α,β-unsaturated/α-hetero) is 1. The van der Waals surface area contributed by atoms with E-state index in [2.05, 4.69) is 46.4 Å². The van der Waals surface area contributed by atoms with Gasteiger partial charge in [-0.1, -0.05) is 20.8 Å². The highest BCUT2D eigenvalue weighted by Crippen LogP contribution is 2.47. The predicted octanol–water partition coefficient (Wildman–Crippen LogP) is 3.25. The highest BCUT2D eigenvalue weighted by molar-refractivity contribution is 5.89. The molecule has 0 aromatic rings. The average Bonchev–Trinajstić information content (AvgIpc) is 2.71. The lowest BCUT2D eigenvalue weighted by Crippen LogP contribution is -2.56. The van der Waals surface area contributed by atoms with Crippen molar-refractivity contribution in [3.8, 4) is 0 Å². The van der Waals surface area contributed by atoms with Gasteiger partial charge in [0, 0.05) is 17.0 Å². The van der Waals surface area contributed by atoms with Gasteiger partial charge < -0.3 is 0 Å². The molecule has 0 radical (unpaired) electrons. The Hall–Kier alpha value is -0.370. The molecule has 0 aromatic carbocycles. The Morgan fingerprint density at radius 1 is 1.06 bits per heavy atom. The summed E-state index contributed by atoms with van der Waals surface area (Å²) in [5.41, 5.74) is -0.0932. The monoisotopic (exact) mass is 237 g/mol. The van der Waals surface area contributed by atoms with Crippen LogP contribution in [0.25, 0.3) is 0 Å². The van der Waals surface area contributed by atoms with Gasteiger partial charge in [-0.2, -0.15) is 0 Å². The molecule has 3 atom stereocenters. The number of ketones is 1. The summed E-state index contributed by atoms with van der Waals surface area (Å²) >= 11 is 0. The molecule has 0 aromatic heterocycles. The predicted molar refractivity (Wildman–Crippen MR) is 71.0 cm³/mol. The van der Waals surface area contributed by atoms with Crippen molar-refractivity contribution in [1.29, 1.82) is 0 Å². The summed E-state index contributed by atoms with van der Waals surface area (Å²) in [4.78, 5) is 15.2. The van der Waals surface area contributed by atoms with E-state index in [1.54, 1.807) is 0 Å². The molecule has 2 nitrogen and oxygen atoms in total. The van der Waals surface area contributed by atoms with Gasteiger partial charge in [0.15, 0.2) is 5.78 Å². The van der Waals surface area contributed by atoms with Crippen LogP contribution in [0.5, 0.6) is 0 Å². The molecule has 1 saturated heterocycles. The van der Waals surface area contributed by atoms with Crippen LogP contribution in [-0.2, 0) is 4.79 Å². The Bertz CT molecular complexity index is 321. The molecule has 0 amide bonds. The summed E-state index contributed by atoms with van der Waals surface area (Å²) in [5.74, 6) is 1.06. The van der Waals surface area contributed by atoms with E-state index < -0.39 is 0 Å². The van der Waals surface area contributed by atoms with Gasteiger partial charge in [0.1, 0.15) is 0 Å². The Morgan fingerprint density at radius 3 is 2.12 bits per heavy atom. The topological polar surface area (TPSA) is 20.3 Å². The first-order valence-corrected chi connectivity index (χ1v) is 6.95. The number of likely N-dealkylation sites (tertiary alicyclic amines) is 1. The number of nitrogens with zero attached hydrogens (tertiary/aromatic N) is 1. The molecule has 3 unspecified atom stereocenters. The number of hydrogen-bond donors (Lipinski definition) is 0. The van der Waals surface area contributed by atoms with Crippen LogP contribution in [0, 0.1) is 11.3 Å². The van der Waals surface area contributed by atoms with Crippen molar-refractivity contribution in [2.45, 2.75) is 78.4 Å². The van der Waals surface area contributed by atoms with E-state index in [0.29, 0.717) is 17.7 Å². The van der Waals surface area contributed by atoms with Crippen LogP contribution in [0.3, 0.4) is 0 Å². The minimum atomic E-state index is -0.210. The molecule has 1 aliphatic heterocycles. The van der Waals surface area contributed by atoms with Gasteiger partial charge in [0.25, 0.3) is 0 Å². The fraction of sp³-hybridized carbons (Fsp3) is 0.933. The van der Waals surface area contributed by atoms with E-state index in [1.165, 1.54) is 19.3 Å². The smallest absolute Gasteiger partial charge is 0.155 e. The zero-order chi connectivity index (χ0) is 13.0. The van der Waals surface area contributed by atoms with Crippen molar-refractivity contribution in [2.24, 2.45) is 11.3 Å². The summed E-state index contributed by atoms with van der Waals surface area (Å²) < 4.78 is 0. The van der Waals surface area contributed by atoms with Gasteiger partial charge in [0.2, 0.25) is 0 Å². The van der Waals surface area contributed by atoms with E-state index in [4.69, 9.17) is 0 Å². The SMILES string of the molecule is CC(C)(C)C(=O)C1C2CCC(C2)N1C(C)(C)C. The Balaban J connectivity index is 2.29. The molecular weight excluding hydrogens is 210 g/mol. The first-order chi connectivity index (χ1) is 7.62. The number of carbonyl (C=O) groups is 1. The number of fused-ring (bicyclic) bond motifs is 2. The second kappa shape index (κ2) is 3.81. The molecule has 1 heterocycles. The van der Waals surface area contributed by atoms with Crippen LogP contribution >= 0.6 is 0 Å². The number of hydrogen-bond acceptors (Lipinski definition) is 2. The summed E-state index contributed by atoms with van der Waals surface area (Å²) in [6.45, 7) is 12.9. The lowest BCUT2D eigenvalue weighted by Gasteiger charge is -2.45. The quantitative estimate of drug-likeness (QED) is 0.697. The van der Waals surface area contributed by atoms with Crippen LogP contribution in [0.1, 0.15) is 60.8 Å². The number of piperidine rings is 1. The van der Waals surface area contributed by atoms with E-state index in [9.17, 15) is 4.79 Å². The first kappa shape index (κ1) is 13.1. The molecular formula is C15H27NO. The van der Waals surface area contributed by atoms with Crippen molar-refractivity contribution >= 4 is 5.78 Å². The number of carbonyl (C=O) groups excluding carboxylic acids is 1.